The Morgan fingerprint density at radius 1 is 1.17 bits per heavy atom. The topological polar surface area (TPSA) is 43.4 Å². The van der Waals surface area contributed by atoms with Crippen LogP contribution in [0, 0.1) is 11.6 Å². The molecule has 6 heteroatoms. The summed E-state index contributed by atoms with van der Waals surface area (Å²) >= 11 is 0. The minimum Gasteiger partial charge on any atom is -0.436 e. The summed E-state index contributed by atoms with van der Waals surface area (Å²) in [7, 11) is 1.46. The first kappa shape index (κ1) is 12.3. The fraction of sp³-hybridized carbons (Fsp3) is 0.0833. The molecule has 94 valence electrons. The van der Waals surface area contributed by atoms with Crippen molar-refractivity contribution < 1.29 is 18.4 Å². The molecule has 0 saturated heterocycles. The van der Waals surface area contributed by atoms with Crippen LogP contribution < -0.4 is 10.2 Å². The van der Waals surface area contributed by atoms with Crippen molar-refractivity contribution in [1.29, 1.82) is 0 Å². The second-order valence-corrected chi connectivity index (χ2v) is 3.37. The molecule has 2 rings (SSSR count). The number of rotatable bonds is 4. The standard InChI is InChI=1S/C12H10F2N2O2/c1-17-16-9-3-5-12(15-7-9)18-11-6-8(13)2-4-10(11)14/h2-7,16H,1H3. The molecule has 0 fully saturated rings. The Balaban J connectivity index is 2.15. The van der Waals surface area contributed by atoms with Crippen molar-refractivity contribution in [3.05, 3.63) is 48.2 Å². The number of hydrogen-bond donors (Lipinski definition) is 1. The Kier molecular flexibility index (Phi) is 3.69. The van der Waals surface area contributed by atoms with Crippen molar-refractivity contribution in [2.24, 2.45) is 0 Å². The molecule has 1 N–H and O–H groups in total. The maximum absolute atomic E-state index is 13.3. The molecule has 0 saturated carbocycles. The zero-order valence-corrected chi connectivity index (χ0v) is 9.48. The lowest BCUT2D eigenvalue weighted by molar-refractivity contribution is 0.270. The third-order valence-corrected chi connectivity index (χ3v) is 2.06. The summed E-state index contributed by atoms with van der Waals surface area (Å²) in [6.07, 6.45) is 1.44. The second kappa shape index (κ2) is 5.42. The van der Waals surface area contributed by atoms with Gasteiger partial charge >= 0.3 is 0 Å². The van der Waals surface area contributed by atoms with Crippen molar-refractivity contribution in [2.75, 3.05) is 12.6 Å². The molecule has 4 nitrogen and oxygen atoms in total. The first-order valence-electron chi connectivity index (χ1n) is 5.07. The Hall–Kier alpha value is -2.21. The van der Waals surface area contributed by atoms with Crippen LogP contribution in [0.5, 0.6) is 11.6 Å². The molecule has 0 aliphatic carbocycles. The van der Waals surface area contributed by atoms with Crippen LogP contribution in [0.1, 0.15) is 0 Å². The van der Waals surface area contributed by atoms with E-state index in [1.165, 1.54) is 19.4 Å². The Morgan fingerprint density at radius 3 is 2.67 bits per heavy atom. The molecule has 0 unspecified atom stereocenters. The molecule has 1 aromatic carbocycles. The minimum absolute atomic E-state index is 0.154. The van der Waals surface area contributed by atoms with Crippen LogP contribution in [0.2, 0.25) is 0 Å². The number of benzene rings is 1. The number of nitrogens with one attached hydrogen (secondary N) is 1. The fourth-order valence-electron chi connectivity index (χ4n) is 1.29. The quantitative estimate of drug-likeness (QED) is 0.849. The van der Waals surface area contributed by atoms with E-state index >= 15 is 0 Å². The van der Waals surface area contributed by atoms with E-state index in [9.17, 15) is 8.78 Å². The number of halogens is 2. The molecular weight excluding hydrogens is 242 g/mol. The Bertz CT molecular complexity index is 532. The zero-order valence-electron chi connectivity index (χ0n) is 9.48. The molecule has 0 spiro atoms. The summed E-state index contributed by atoms with van der Waals surface area (Å²) < 4.78 is 31.4. The molecular formula is C12H10F2N2O2. The van der Waals surface area contributed by atoms with Gasteiger partial charge < -0.3 is 4.74 Å². The van der Waals surface area contributed by atoms with Gasteiger partial charge in [0.2, 0.25) is 5.88 Å². The largest absolute Gasteiger partial charge is 0.436 e. The molecule has 2 aromatic rings. The van der Waals surface area contributed by atoms with Gasteiger partial charge in [0.15, 0.2) is 11.6 Å². The van der Waals surface area contributed by atoms with Crippen LogP contribution in [0.3, 0.4) is 0 Å². The van der Waals surface area contributed by atoms with Gasteiger partial charge in [0, 0.05) is 12.1 Å². The predicted molar refractivity (Wildman–Crippen MR) is 61.3 cm³/mol. The molecule has 1 heterocycles. The minimum atomic E-state index is -0.655. The lowest BCUT2D eigenvalue weighted by atomic mass is 10.3. The van der Waals surface area contributed by atoms with Crippen LogP contribution in [0.4, 0.5) is 14.5 Å². The van der Waals surface area contributed by atoms with Crippen LogP contribution in [0.25, 0.3) is 0 Å². The molecule has 18 heavy (non-hydrogen) atoms. The number of pyridine rings is 1. The van der Waals surface area contributed by atoms with Gasteiger partial charge in [-0.15, -0.1) is 0 Å². The van der Waals surface area contributed by atoms with Gasteiger partial charge in [0.1, 0.15) is 5.82 Å². The van der Waals surface area contributed by atoms with E-state index in [4.69, 9.17) is 4.74 Å². The van der Waals surface area contributed by atoms with E-state index in [0.29, 0.717) is 5.69 Å². The highest BCUT2D eigenvalue weighted by Crippen LogP contribution is 2.24. The second-order valence-electron chi connectivity index (χ2n) is 3.37. The monoisotopic (exact) mass is 252 g/mol. The molecule has 0 aliphatic rings. The highest BCUT2D eigenvalue weighted by atomic mass is 19.1. The number of aromatic nitrogens is 1. The van der Waals surface area contributed by atoms with Crippen molar-refractivity contribution in [2.45, 2.75) is 0 Å². The summed E-state index contributed by atoms with van der Waals surface area (Å²) in [4.78, 5) is 8.59. The van der Waals surface area contributed by atoms with Crippen molar-refractivity contribution >= 4 is 5.69 Å². The Labute approximate surface area is 102 Å². The van der Waals surface area contributed by atoms with Gasteiger partial charge in [-0.3, -0.25) is 10.3 Å². The molecule has 1 aromatic heterocycles. The highest BCUT2D eigenvalue weighted by Gasteiger charge is 2.07. The first-order chi connectivity index (χ1) is 8.69. The van der Waals surface area contributed by atoms with Gasteiger partial charge in [-0.1, -0.05) is 0 Å². The van der Waals surface area contributed by atoms with Crippen molar-refractivity contribution in [1.82, 2.24) is 4.98 Å². The summed E-state index contributed by atoms with van der Waals surface area (Å²) in [5.41, 5.74) is 3.18. The van der Waals surface area contributed by atoms with Gasteiger partial charge in [0.05, 0.1) is 19.0 Å². The van der Waals surface area contributed by atoms with E-state index in [2.05, 4.69) is 15.3 Å². The van der Waals surface area contributed by atoms with E-state index in [1.54, 1.807) is 6.07 Å². The zero-order chi connectivity index (χ0) is 13.0. The number of ether oxygens (including phenoxy) is 1. The third-order valence-electron chi connectivity index (χ3n) is 2.06. The Morgan fingerprint density at radius 2 is 2.00 bits per heavy atom. The average molecular weight is 252 g/mol. The number of nitrogens with zero attached hydrogens (tertiary/aromatic N) is 1. The summed E-state index contributed by atoms with van der Waals surface area (Å²) in [6, 6.07) is 6.10. The van der Waals surface area contributed by atoms with Crippen LogP contribution >= 0.6 is 0 Å². The SMILES string of the molecule is CONc1ccc(Oc2cc(F)ccc2F)nc1. The molecule has 0 amide bonds. The number of hydrogen-bond acceptors (Lipinski definition) is 4. The molecule has 0 atom stereocenters. The van der Waals surface area contributed by atoms with E-state index in [-0.39, 0.29) is 11.6 Å². The summed E-state index contributed by atoms with van der Waals surface area (Å²) in [5, 5.41) is 0. The van der Waals surface area contributed by atoms with Crippen LogP contribution in [-0.4, -0.2) is 12.1 Å². The summed E-state index contributed by atoms with van der Waals surface area (Å²) in [6.45, 7) is 0. The lowest BCUT2D eigenvalue weighted by Gasteiger charge is -2.07. The van der Waals surface area contributed by atoms with Gasteiger partial charge in [-0.25, -0.2) is 13.8 Å². The highest BCUT2D eigenvalue weighted by molar-refractivity contribution is 5.40. The van der Waals surface area contributed by atoms with E-state index in [0.717, 1.165) is 18.2 Å². The predicted octanol–water partition coefficient (Wildman–Crippen LogP) is 3.13. The lowest BCUT2D eigenvalue weighted by Crippen LogP contribution is -1.97. The average Bonchev–Trinajstić information content (AvgIpc) is 2.37. The van der Waals surface area contributed by atoms with E-state index < -0.39 is 11.6 Å². The normalized spacial score (nSPS) is 10.2. The fourth-order valence-corrected chi connectivity index (χ4v) is 1.29. The third kappa shape index (κ3) is 2.92. The molecule has 0 bridgehead atoms. The van der Waals surface area contributed by atoms with Gasteiger partial charge in [-0.05, 0) is 18.2 Å². The van der Waals surface area contributed by atoms with Gasteiger partial charge in [-0.2, -0.15) is 0 Å². The van der Waals surface area contributed by atoms with E-state index in [1.807, 2.05) is 0 Å². The smallest absolute Gasteiger partial charge is 0.219 e. The van der Waals surface area contributed by atoms with Crippen molar-refractivity contribution in [3.8, 4) is 11.6 Å². The van der Waals surface area contributed by atoms with Crippen LogP contribution in [-0.2, 0) is 4.84 Å². The molecule has 0 radical (unpaired) electrons. The first-order valence-corrected chi connectivity index (χ1v) is 5.07. The summed E-state index contributed by atoms with van der Waals surface area (Å²) in [5.74, 6) is -1.29. The van der Waals surface area contributed by atoms with Crippen molar-refractivity contribution in [3.63, 3.8) is 0 Å². The molecule has 0 aliphatic heterocycles. The van der Waals surface area contributed by atoms with Crippen LogP contribution in [0.15, 0.2) is 36.5 Å². The maximum Gasteiger partial charge on any atom is 0.219 e. The number of anilines is 1. The van der Waals surface area contributed by atoms with Gasteiger partial charge in [0.25, 0.3) is 0 Å². The maximum atomic E-state index is 13.3.